The molecule has 1 aromatic rings. The lowest BCUT2D eigenvalue weighted by molar-refractivity contribution is -0.387. The molecule has 0 atom stereocenters. The van der Waals surface area contributed by atoms with Gasteiger partial charge in [-0.15, -0.1) is 12.4 Å². The molecule has 118 valence electrons. The lowest BCUT2D eigenvalue weighted by atomic mass is 10.0. The van der Waals surface area contributed by atoms with Crippen molar-refractivity contribution in [2.75, 3.05) is 6.54 Å². The molecule has 1 fully saturated rings. The molecule has 0 unspecified atom stereocenters. The second kappa shape index (κ2) is 6.69. The maximum Gasteiger partial charge on any atom is 0.289 e. The van der Waals surface area contributed by atoms with Crippen LogP contribution in [0.2, 0.25) is 0 Å². The number of benzene rings is 1. The van der Waals surface area contributed by atoms with Crippen molar-refractivity contribution in [1.29, 1.82) is 0 Å². The van der Waals surface area contributed by atoms with Crippen molar-refractivity contribution in [1.82, 2.24) is 4.72 Å². The van der Waals surface area contributed by atoms with Crippen LogP contribution < -0.4 is 10.5 Å². The van der Waals surface area contributed by atoms with Crippen molar-refractivity contribution in [2.24, 2.45) is 5.73 Å². The van der Waals surface area contributed by atoms with Crippen molar-refractivity contribution < 1.29 is 13.3 Å². The fourth-order valence-electron chi connectivity index (χ4n) is 2.57. The molecular weight excluding hydrogens is 318 g/mol. The van der Waals surface area contributed by atoms with Gasteiger partial charge in [0.2, 0.25) is 10.0 Å². The number of nitro benzene ring substituents is 1. The SMILES string of the molecule is Cl.NCC1(NS(=O)(=O)c2ccccc2[N+](=O)[O-])CCCC1. The third kappa shape index (κ3) is 3.70. The first-order chi connectivity index (χ1) is 9.40. The predicted octanol–water partition coefficient (Wildman–Crippen LogP) is 1.57. The van der Waals surface area contributed by atoms with Crippen molar-refractivity contribution >= 4 is 28.1 Å². The van der Waals surface area contributed by atoms with Crippen molar-refractivity contribution in [3.05, 3.63) is 34.4 Å². The molecule has 1 aliphatic carbocycles. The minimum atomic E-state index is -3.96. The van der Waals surface area contributed by atoms with Gasteiger partial charge in [-0.3, -0.25) is 10.1 Å². The Balaban J connectivity index is 0.00000220. The van der Waals surface area contributed by atoms with Crippen LogP contribution >= 0.6 is 12.4 Å². The highest BCUT2D eigenvalue weighted by Crippen LogP contribution is 2.32. The standard InChI is InChI=1S/C12H17N3O4S.ClH/c13-9-12(7-3-4-8-12)14-20(18,19)11-6-2-1-5-10(11)15(16)17;/h1-2,5-6,14H,3-4,7-9,13H2;1H. The second-order valence-corrected chi connectivity index (χ2v) is 6.67. The zero-order valence-corrected chi connectivity index (χ0v) is 13.0. The van der Waals surface area contributed by atoms with E-state index >= 15 is 0 Å². The maximum atomic E-state index is 12.4. The van der Waals surface area contributed by atoms with E-state index in [0.29, 0.717) is 12.8 Å². The fourth-order valence-corrected chi connectivity index (χ4v) is 4.22. The topological polar surface area (TPSA) is 115 Å². The van der Waals surface area contributed by atoms with Gasteiger partial charge in [0.05, 0.1) is 4.92 Å². The number of nitrogens with one attached hydrogen (secondary N) is 1. The lowest BCUT2D eigenvalue weighted by Crippen LogP contribution is -2.51. The average molecular weight is 336 g/mol. The Morgan fingerprint density at radius 2 is 1.86 bits per heavy atom. The van der Waals surface area contributed by atoms with E-state index in [2.05, 4.69) is 4.72 Å². The monoisotopic (exact) mass is 335 g/mol. The van der Waals surface area contributed by atoms with Crippen LogP contribution in [0.5, 0.6) is 0 Å². The van der Waals surface area contributed by atoms with Gasteiger partial charge in [-0.05, 0) is 18.9 Å². The second-order valence-electron chi connectivity index (χ2n) is 5.02. The summed E-state index contributed by atoms with van der Waals surface area (Å²) in [4.78, 5) is 9.93. The van der Waals surface area contributed by atoms with E-state index in [1.54, 1.807) is 0 Å². The molecule has 0 bridgehead atoms. The molecule has 1 saturated carbocycles. The molecule has 0 amide bonds. The maximum absolute atomic E-state index is 12.4. The summed E-state index contributed by atoms with van der Waals surface area (Å²) < 4.78 is 27.4. The molecule has 21 heavy (non-hydrogen) atoms. The zero-order chi connectivity index (χ0) is 14.8. The van der Waals surface area contributed by atoms with Crippen LogP contribution in [0.25, 0.3) is 0 Å². The number of para-hydroxylation sites is 1. The first-order valence-electron chi connectivity index (χ1n) is 6.38. The molecule has 7 nitrogen and oxygen atoms in total. The molecule has 0 aliphatic heterocycles. The quantitative estimate of drug-likeness (QED) is 0.626. The molecule has 9 heteroatoms. The minimum absolute atomic E-state index is 0. The van der Waals surface area contributed by atoms with E-state index in [0.717, 1.165) is 12.8 Å². The van der Waals surface area contributed by atoms with Gasteiger partial charge in [-0.1, -0.05) is 25.0 Å². The molecule has 0 aromatic heterocycles. The van der Waals surface area contributed by atoms with Gasteiger partial charge in [0, 0.05) is 18.2 Å². The Bertz CT molecular complexity index is 615. The smallest absolute Gasteiger partial charge is 0.289 e. The first kappa shape index (κ1) is 17.8. The van der Waals surface area contributed by atoms with Gasteiger partial charge in [0.15, 0.2) is 4.90 Å². The normalized spacial score (nSPS) is 17.2. The molecule has 1 aliphatic rings. The van der Waals surface area contributed by atoms with Crippen molar-refractivity contribution in [3.63, 3.8) is 0 Å². The van der Waals surface area contributed by atoms with Gasteiger partial charge in [-0.2, -0.15) is 0 Å². The Labute approximate surface area is 129 Å². The number of nitrogens with two attached hydrogens (primary N) is 1. The highest BCUT2D eigenvalue weighted by atomic mass is 35.5. The summed E-state index contributed by atoms with van der Waals surface area (Å²) in [5.41, 5.74) is 4.59. The zero-order valence-electron chi connectivity index (χ0n) is 11.3. The van der Waals surface area contributed by atoms with Crippen molar-refractivity contribution in [3.8, 4) is 0 Å². The summed E-state index contributed by atoms with van der Waals surface area (Å²) in [5, 5.41) is 10.9. The average Bonchev–Trinajstić information content (AvgIpc) is 2.87. The van der Waals surface area contributed by atoms with Crippen LogP contribution in [0.4, 0.5) is 5.69 Å². The van der Waals surface area contributed by atoms with Gasteiger partial charge < -0.3 is 5.73 Å². The summed E-state index contributed by atoms with van der Waals surface area (Å²) in [6.45, 7) is 0.187. The number of rotatable bonds is 5. The highest BCUT2D eigenvalue weighted by molar-refractivity contribution is 7.89. The number of hydrogen-bond acceptors (Lipinski definition) is 5. The Morgan fingerprint density at radius 1 is 1.29 bits per heavy atom. The molecule has 0 radical (unpaired) electrons. The van der Waals surface area contributed by atoms with Gasteiger partial charge in [0.25, 0.3) is 5.69 Å². The third-order valence-electron chi connectivity index (χ3n) is 3.65. The van der Waals surface area contributed by atoms with Crippen LogP contribution in [-0.2, 0) is 10.0 Å². The number of sulfonamides is 1. The number of nitro groups is 1. The summed E-state index contributed by atoms with van der Waals surface area (Å²) >= 11 is 0. The third-order valence-corrected chi connectivity index (χ3v) is 5.28. The van der Waals surface area contributed by atoms with Gasteiger partial charge >= 0.3 is 0 Å². The Kier molecular flexibility index (Phi) is 5.68. The molecule has 0 saturated heterocycles. The van der Waals surface area contributed by atoms with E-state index in [1.165, 1.54) is 24.3 Å². The fraction of sp³-hybridized carbons (Fsp3) is 0.500. The first-order valence-corrected chi connectivity index (χ1v) is 7.86. The van der Waals surface area contributed by atoms with E-state index < -0.39 is 26.2 Å². The lowest BCUT2D eigenvalue weighted by Gasteiger charge is -2.28. The van der Waals surface area contributed by atoms with Crippen LogP contribution in [0.1, 0.15) is 25.7 Å². The Hall–Kier alpha value is -1.22. The molecule has 0 heterocycles. The van der Waals surface area contributed by atoms with Gasteiger partial charge in [-0.25, -0.2) is 13.1 Å². The van der Waals surface area contributed by atoms with E-state index in [4.69, 9.17) is 5.73 Å². The molecule has 1 aromatic carbocycles. The van der Waals surface area contributed by atoms with Crippen molar-refractivity contribution in [2.45, 2.75) is 36.1 Å². The molecular formula is C12H18ClN3O4S. The summed E-state index contributed by atoms with van der Waals surface area (Å²) in [6.07, 6.45) is 3.11. The van der Waals surface area contributed by atoms with E-state index in [9.17, 15) is 18.5 Å². The van der Waals surface area contributed by atoms with Gasteiger partial charge in [0.1, 0.15) is 0 Å². The van der Waals surface area contributed by atoms with Crippen LogP contribution in [0, 0.1) is 10.1 Å². The van der Waals surface area contributed by atoms with Crippen LogP contribution in [0.3, 0.4) is 0 Å². The Morgan fingerprint density at radius 3 is 2.38 bits per heavy atom. The highest BCUT2D eigenvalue weighted by Gasteiger charge is 2.38. The van der Waals surface area contributed by atoms with Crippen LogP contribution in [0.15, 0.2) is 29.2 Å². The minimum Gasteiger partial charge on any atom is -0.329 e. The van der Waals surface area contributed by atoms with Crippen LogP contribution in [-0.4, -0.2) is 25.4 Å². The predicted molar refractivity (Wildman–Crippen MR) is 80.9 cm³/mol. The number of halogens is 1. The van der Waals surface area contributed by atoms with E-state index in [-0.39, 0.29) is 23.8 Å². The number of hydrogen-bond donors (Lipinski definition) is 2. The summed E-state index contributed by atoms with van der Waals surface area (Å²) in [5.74, 6) is 0. The summed E-state index contributed by atoms with van der Waals surface area (Å²) in [6, 6.07) is 5.31. The van der Waals surface area contributed by atoms with E-state index in [1.807, 2.05) is 0 Å². The number of nitrogens with zero attached hydrogens (tertiary/aromatic N) is 1. The molecule has 3 N–H and O–H groups in total. The summed E-state index contributed by atoms with van der Waals surface area (Å²) in [7, 11) is -3.96. The molecule has 2 rings (SSSR count). The largest absolute Gasteiger partial charge is 0.329 e. The molecule has 0 spiro atoms.